The van der Waals surface area contributed by atoms with Gasteiger partial charge in [0.1, 0.15) is 12.4 Å². The van der Waals surface area contributed by atoms with Crippen molar-refractivity contribution in [1.29, 1.82) is 0 Å². The van der Waals surface area contributed by atoms with E-state index in [-0.39, 0.29) is 18.1 Å². The third-order valence-electron chi connectivity index (χ3n) is 3.65. The van der Waals surface area contributed by atoms with Crippen LogP contribution in [0.1, 0.15) is 19.4 Å². The highest BCUT2D eigenvalue weighted by atomic mass is 16.5. The molecule has 0 saturated carbocycles. The molecule has 5 heteroatoms. The van der Waals surface area contributed by atoms with E-state index in [4.69, 9.17) is 9.47 Å². The van der Waals surface area contributed by atoms with Crippen LogP contribution in [0.4, 0.5) is 0 Å². The van der Waals surface area contributed by atoms with Crippen LogP contribution in [0.5, 0.6) is 5.75 Å². The zero-order valence-electron chi connectivity index (χ0n) is 13.0. The Morgan fingerprint density at radius 1 is 1.38 bits per heavy atom. The third kappa shape index (κ3) is 4.19. The Kier molecular flexibility index (Phi) is 5.20. The fraction of sp³-hybridized carbons (Fsp3) is 0.562. The van der Waals surface area contributed by atoms with Gasteiger partial charge in [-0.05, 0) is 19.9 Å². The lowest BCUT2D eigenvalue weighted by molar-refractivity contribution is -0.145. The molecule has 5 nitrogen and oxygen atoms in total. The van der Waals surface area contributed by atoms with Crippen LogP contribution in [0.25, 0.3) is 0 Å². The molecule has 1 heterocycles. The average Bonchev–Trinajstić information content (AvgIpc) is 2.45. The predicted molar refractivity (Wildman–Crippen MR) is 81.3 cm³/mol. The lowest BCUT2D eigenvalue weighted by Crippen LogP contribution is -2.59. The number of nitrogens with one attached hydrogen (secondary N) is 1. The number of amides is 1. The molecule has 2 rings (SSSR count). The number of nitrogens with zero attached hydrogens (tertiary/aromatic N) is 1. The van der Waals surface area contributed by atoms with E-state index < -0.39 is 0 Å². The summed E-state index contributed by atoms with van der Waals surface area (Å²) in [5, 5.41) is 3.15. The topological polar surface area (TPSA) is 50.8 Å². The van der Waals surface area contributed by atoms with E-state index in [1.165, 1.54) is 0 Å². The van der Waals surface area contributed by atoms with E-state index in [1.807, 2.05) is 38.1 Å². The molecule has 1 aliphatic rings. The Bertz CT molecular complexity index is 486. The Morgan fingerprint density at radius 3 is 2.71 bits per heavy atom. The maximum absolute atomic E-state index is 12.1. The largest absolute Gasteiger partial charge is 0.494 e. The van der Waals surface area contributed by atoms with Gasteiger partial charge in [-0.15, -0.1) is 0 Å². The smallest absolute Gasteiger partial charge is 0.248 e. The quantitative estimate of drug-likeness (QED) is 0.826. The second-order valence-corrected chi connectivity index (χ2v) is 5.63. The Morgan fingerprint density at radius 2 is 2.10 bits per heavy atom. The van der Waals surface area contributed by atoms with Crippen molar-refractivity contribution in [3.63, 3.8) is 0 Å². The van der Waals surface area contributed by atoms with E-state index in [9.17, 15) is 4.79 Å². The van der Waals surface area contributed by atoms with Gasteiger partial charge in [-0.1, -0.05) is 18.2 Å². The Hall–Kier alpha value is -1.59. The van der Waals surface area contributed by atoms with Crippen LogP contribution >= 0.6 is 0 Å². The molecule has 21 heavy (non-hydrogen) atoms. The van der Waals surface area contributed by atoms with Crippen LogP contribution in [-0.2, 0) is 16.1 Å². The van der Waals surface area contributed by atoms with Gasteiger partial charge in [0.05, 0.1) is 12.2 Å². The highest BCUT2D eigenvalue weighted by Gasteiger charge is 2.33. The van der Waals surface area contributed by atoms with E-state index in [0.717, 1.165) is 24.4 Å². The van der Waals surface area contributed by atoms with Crippen molar-refractivity contribution in [1.82, 2.24) is 10.2 Å². The van der Waals surface area contributed by atoms with Crippen molar-refractivity contribution in [2.75, 3.05) is 33.4 Å². The summed E-state index contributed by atoms with van der Waals surface area (Å²) in [6.07, 6.45) is 0. The molecule has 0 aromatic heterocycles. The first-order valence-corrected chi connectivity index (χ1v) is 7.33. The summed E-state index contributed by atoms with van der Waals surface area (Å²) >= 11 is 0. The van der Waals surface area contributed by atoms with Crippen molar-refractivity contribution in [2.24, 2.45) is 0 Å². The SMILES string of the molecule is CCOc1ccccc1CN(C)C(=O)COC1(C)CNC1. The highest BCUT2D eigenvalue weighted by Crippen LogP contribution is 2.20. The predicted octanol–water partition coefficient (Wildman–Crippen LogP) is 1.42. The van der Waals surface area contributed by atoms with Gasteiger partial charge in [0, 0.05) is 32.2 Å². The molecule has 0 atom stereocenters. The molecule has 1 fully saturated rings. The van der Waals surface area contributed by atoms with Crippen LogP contribution in [0.2, 0.25) is 0 Å². The van der Waals surface area contributed by atoms with Gasteiger partial charge in [-0.25, -0.2) is 0 Å². The molecule has 1 N–H and O–H groups in total. The van der Waals surface area contributed by atoms with Crippen molar-refractivity contribution in [2.45, 2.75) is 26.0 Å². The summed E-state index contributed by atoms with van der Waals surface area (Å²) < 4.78 is 11.3. The Labute approximate surface area is 126 Å². The molecule has 1 saturated heterocycles. The van der Waals surface area contributed by atoms with Crippen LogP contribution in [0, 0.1) is 0 Å². The van der Waals surface area contributed by atoms with Crippen molar-refractivity contribution < 1.29 is 14.3 Å². The number of hydrogen-bond acceptors (Lipinski definition) is 4. The van der Waals surface area contributed by atoms with Gasteiger partial charge < -0.3 is 19.7 Å². The van der Waals surface area contributed by atoms with Gasteiger partial charge in [0.25, 0.3) is 0 Å². The van der Waals surface area contributed by atoms with E-state index >= 15 is 0 Å². The molecule has 1 amide bonds. The van der Waals surface area contributed by atoms with Gasteiger partial charge in [-0.2, -0.15) is 0 Å². The first-order valence-electron chi connectivity index (χ1n) is 7.33. The number of carbonyl (C=O) groups is 1. The normalized spacial score (nSPS) is 16.1. The monoisotopic (exact) mass is 292 g/mol. The fourth-order valence-electron chi connectivity index (χ4n) is 2.20. The Balaban J connectivity index is 1.88. The van der Waals surface area contributed by atoms with Crippen molar-refractivity contribution >= 4 is 5.91 Å². The molecule has 1 aromatic carbocycles. The lowest BCUT2D eigenvalue weighted by Gasteiger charge is -2.39. The van der Waals surface area contributed by atoms with Gasteiger partial charge in [0.2, 0.25) is 5.91 Å². The first kappa shape index (κ1) is 15.8. The van der Waals surface area contributed by atoms with Gasteiger partial charge in [0.15, 0.2) is 0 Å². The van der Waals surface area contributed by atoms with Crippen LogP contribution in [0.15, 0.2) is 24.3 Å². The molecular formula is C16H24N2O3. The van der Waals surface area contributed by atoms with Gasteiger partial charge >= 0.3 is 0 Å². The second kappa shape index (κ2) is 6.91. The number of rotatable bonds is 7. The maximum atomic E-state index is 12.1. The summed E-state index contributed by atoms with van der Waals surface area (Å²) in [5.74, 6) is 0.810. The maximum Gasteiger partial charge on any atom is 0.248 e. The fourth-order valence-corrected chi connectivity index (χ4v) is 2.20. The number of ether oxygens (including phenoxy) is 2. The molecule has 0 aliphatic carbocycles. The summed E-state index contributed by atoms with van der Waals surface area (Å²) in [6.45, 7) is 6.82. The number of likely N-dealkylation sites (N-methyl/N-ethyl adjacent to an activating group) is 1. The highest BCUT2D eigenvalue weighted by molar-refractivity contribution is 5.77. The summed E-state index contributed by atoms with van der Waals surface area (Å²) in [6, 6.07) is 7.79. The van der Waals surface area contributed by atoms with Gasteiger partial charge in [-0.3, -0.25) is 4.79 Å². The number of hydrogen-bond donors (Lipinski definition) is 1. The summed E-state index contributed by atoms with van der Waals surface area (Å²) in [7, 11) is 1.79. The zero-order chi connectivity index (χ0) is 15.3. The number of para-hydroxylation sites is 1. The number of carbonyl (C=O) groups excluding carboxylic acids is 1. The second-order valence-electron chi connectivity index (χ2n) is 5.63. The van der Waals surface area contributed by atoms with Crippen LogP contribution < -0.4 is 10.1 Å². The van der Waals surface area contributed by atoms with Crippen LogP contribution in [-0.4, -0.2) is 49.8 Å². The number of benzene rings is 1. The van der Waals surface area contributed by atoms with E-state index in [2.05, 4.69) is 5.32 Å². The summed E-state index contributed by atoms with van der Waals surface area (Å²) in [4.78, 5) is 13.8. The lowest BCUT2D eigenvalue weighted by atomic mass is 10.0. The molecule has 0 unspecified atom stereocenters. The minimum atomic E-state index is -0.195. The molecule has 1 aromatic rings. The van der Waals surface area contributed by atoms with Crippen LogP contribution in [0.3, 0.4) is 0 Å². The van der Waals surface area contributed by atoms with E-state index in [1.54, 1.807) is 11.9 Å². The minimum absolute atomic E-state index is 0.0190. The standard InChI is InChI=1S/C16H24N2O3/c1-4-20-14-8-6-5-7-13(14)9-18(3)15(19)10-21-16(2)11-17-12-16/h5-8,17H,4,9-12H2,1-3H3. The zero-order valence-corrected chi connectivity index (χ0v) is 13.0. The molecule has 0 spiro atoms. The first-order chi connectivity index (χ1) is 10.0. The van der Waals surface area contributed by atoms with Crippen molar-refractivity contribution in [3.05, 3.63) is 29.8 Å². The molecule has 0 radical (unpaired) electrons. The third-order valence-corrected chi connectivity index (χ3v) is 3.65. The van der Waals surface area contributed by atoms with E-state index in [0.29, 0.717) is 13.2 Å². The molecule has 0 bridgehead atoms. The average molecular weight is 292 g/mol. The summed E-state index contributed by atoms with van der Waals surface area (Å²) in [5.41, 5.74) is 0.812. The van der Waals surface area contributed by atoms with Crippen molar-refractivity contribution in [3.8, 4) is 5.75 Å². The minimum Gasteiger partial charge on any atom is -0.494 e. The molecular weight excluding hydrogens is 268 g/mol. The molecule has 116 valence electrons. The molecule has 1 aliphatic heterocycles.